The highest BCUT2D eigenvalue weighted by Crippen LogP contribution is 2.10. The van der Waals surface area contributed by atoms with Gasteiger partial charge in [-0.2, -0.15) is 19.8 Å². The lowest BCUT2D eigenvalue weighted by Crippen LogP contribution is -1.98. The van der Waals surface area contributed by atoms with Crippen molar-refractivity contribution in [1.29, 1.82) is 0 Å². The van der Waals surface area contributed by atoms with Crippen molar-refractivity contribution >= 4 is 22.6 Å². The van der Waals surface area contributed by atoms with Crippen LogP contribution in [0.5, 0.6) is 0 Å². The molecule has 8 aromatic rings. The smallest absolute Gasteiger partial charge is 0.177 e. The fourth-order valence-corrected chi connectivity index (χ4v) is 4.65. The molecule has 0 N–H and O–H groups in total. The number of hydrogen-bond donors (Lipinski definition) is 0. The van der Waals surface area contributed by atoms with Crippen LogP contribution in [0.25, 0.3) is 22.6 Å². The third kappa shape index (κ3) is 6.85. The predicted molar refractivity (Wildman–Crippen MR) is 175 cm³/mol. The van der Waals surface area contributed by atoms with Gasteiger partial charge in [-0.05, 0) is 93.0 Å². The Morgan fingerprint density at radius 3 is 1.67 bits per heavy atom. The van der Waals surface area contributed by atoms with Crippen LogP contribution < -0.4 is 0 Å². The molecule has 0 saturated heterocycles. The molecule has 0 saturated carbocycles. The maximum atomic E-state index is 4.33. The summed E-state index contributed by atoms with van der Waals surface area (Å²) in [7, 11) is 0. The number of rotatable bonds is 0. The lowest BCUT2D eigenvalue weighted by Gasteiger charge is -1.98. The molecule has 236 valence electrons. The molecule has 0 atom stereocenters. The topological polar surface area (TPSA) is 147 Å². The van der Waals surface area contributed by atoms with Crippen molar-refractivity contribution in [1.82, 2.24) is 68.4 Å². The van der Waals surface area contributed by atoms with E-state index in [9.17, 15) is 0 Å². The fourth-order valence-electron chi connectivity index (χ4n) is 4.65. The Labute approximate surface area is 266 Å². The Balaban J connectivity index is 0.000000121. The summed E-state index contributed by atoms with van der Waals surface area (Å²) in [6.45, 7) is 19.4. The summed E-state index contributed by atoms with van der Waals surface area (Å²) < 4.78 is 7.22. The van der Waals surface area contributed by atoms with Gasteiger partial charge in [0.25, 0.3) is 0 Å². The van der Waals surface area contributed by atoms with Crippen LogP contribution in [0.15, 0.2) is 48.9 Å². The van der Waals surface area contributed by atoms with Gasteiger partial charge in [-0.3, -0.25) is 4.98 Å². The first-order chi connectivity index (χ1) is 21.9. The molecule has 14 nitrogen and oxygen atoms in total. The van der Waals surface area contributed by atoms with E-state index in [1.54, 1.807) is 15.2 Å². The van der Waals surface area contributed by atoms with Crippen LogP contribution in [0.1, 0.15) is 57.3 Å². The minimum atomic E-state index is 0.786. The van der Waals surface area contributed by atoms with Crippen LogP contribution in [-0.2, 0) is 0 Å². The van der Waals surface area contributed by atoms with E-state index in [-0.39, 0.29) is 0 Å². The highest BCUT2D eigenvalue weighted by Gasteiger charge is 2.06. The molecule has 0 spiro atoms. The number of hydrogen-bond acceptors (Lipinski definition) is 10. The first kappa shape index (κ1) is 31.8. The third-order valence-corrected chi connectivity index (χ3v) is 6.95. The van der Waals surface area contributed by atoms with Gasteiger partial charge < -0.3 is 0 Å². The zero-order valence-electron chi connectivity index (χ0n) is 27.9. The minimum Gasteiger partial charge on any atom is -0.256 e. The molecule has 14 heteroatoms. The highest BCUT2D eigenvalue weighted by molar-refractivity contribution is 5.47. The molecule has 46 heavy (non-hydrogen) atoms. The van der Waals surface area contributed by atoms with Crippen LogP contribution in [0, 0.1) is 69.2 Å². The Morgan fingerprint density at radius 2 is 1.07 bits per heavy atom. The van der Waals surface area contributed by atoms with Gasteiger partial charge in [0.1, 0.15) is 29.1 Å². The van der Waals surface area contributed by atoms with E-state index in [1.807, 2.05) is 109 Å². The van der Waals surface area contributed by atoms with Crippen molar-refractivity contribution in [3.05, 3.63) is 106 Å². The number of aryl methyl sites for hydroxylation is 10. The van der Waals surface area contributed by atoms with Gasteiger partial charge in [-0.1, -0.05) is 12.1 Å². The Morgan fingerprint density at radius 1 is 0.478 bits per heavy atom. The lowest BCUT2D eigenvalue weighted by molar-refractivity contribution is 0.843. The van der Waals surface area contributed by atoms with Gasteiger partial charge in [0.15, 0.2) is 22.6 Å². The van der Waals surface area contributed by atoms with Crippen molar-refractivity contribution in [2.45, 2.75) is 69.2 Å². The summed E-state index contributed by atoms with van der Waals surface area (Å²) >= 11 is 0. The molecular weight excluding hydrogens is 580 g/mol. The van der Waals surface area contributed by atoms with E-state index < -0.39 is 0 Å². The number of nitrogens with zero attached hydrogens (tertiary/aromatic N) is 14. The molecule has 0 radical (unpaired) electrons. The van der Waals surface area contributed by atoms with Crippen molar-refractivity contribution in [2.24, 2.45) is 0 Å². The molecule has 0 amide bonds. The summed E-state index contributed by atoms with van der Waals surface area (Å²) in [6.07, 6.45) is 5.50. The van der Waals surface area contributed by atoms with Gasteiger partial charge in [-0.15, -0.1) is 5.10 Å². The zero-order valence-corrected chi connectivity index (χ0v) is 27.9. The van der Waals surface area contributed by atoms with E-state index in [2.05, 4.69) is 62.4 Å². The summed E-state index contributed by atoms with van der Waals surface area (Å²) in [6, 6.07) is 9.93. The molecule has 0 fully saturated rings. The summed E-state index contributed by atoms with van der Waals surface area (Å²) in [4.78, 5) is 25.4. The van der Waals surface area contributed by atoms with Gasteiger partial charge in [0.05, 0.1) is 11.4 Å². The second-order valence-electron chi connectivity index (χ2n) is 11.0. The van der Waals surface area contributed by atoms with Crippen LogP contribution in [-0.4, -0.2) is 68.4 Å². The van der Waals surface area contributed by atoms with E-state index >= 15 is 0 Å². The maximum absolute atomic E-state index is 4.33. The van der Waals surface area contributed by atoms with E-state index in [4.69, 9.17) is 0 Å². The lowest BCUT2D eigenvalue weighted by atomic mass is 10.3. The van der Waals surface area contributed by atoms with Crippen LogP contribution in [0.3, 0.4) is 0 Å². The summed E-state index contributed by atoms with van der Waals surface area (Å²) in [5, 5.41) is 16.9. The maximum Gasteiger partial charge on any atom is 0.177 e. The summed E-state index contributed by atoms with van der Waals surface area (Å²) in [5.41, 5.74) is 8.90. The molecule has 0 bridgehead atoms. The zero-order chi connectivity index (χ0) is 33.1. The van der Waals surface area contributed by atoms with Crippen LogP contribution in [0.2, 0.25) is 0 Å². The molecule has 8 rings (SSSR count). The molecule has 0 aliphatic rings. The third-order valence-electron chi connectivity index (χ3n) is 6.95. The van der Waals surface area contributed by atoms with Gasteiger partial charge in [0, 0.05) is 29.8 Å². The van der Waals surface area contributed by atoms with E-state index in [1.165, 1.54) is 5.56 Å². The molecule has 0 aliphatic heterocycles. The second kappa shape index (κ2) is 13.1. The second-order valence-corrected chi connectivity index (χ2v) is 11.0. The molecular formula is C32H38N14. The first-order valence-electron chi connectivity index (χ1n) is 14.8. The van der Waals surface area contributed by atoms with Crippen LogP contribution in [0.4, 0.5) is 0 Å². The fraction of sp³-hybridized carbons (Fsp3) is 0.312. The standard InChI is InChI=1S/C9H11N3.2C8H10N4.C7H7N3/c1-6-4-5-7(2)12-9(6)10-8(3)11-12;1-5-4-9-6(2)8-10-7(3)11-12(5)8;1-5-4-9-7(3)12-8(5)10-6(2)11-12;1-6-8-7-4-2-3-5-10(7)9-6/h4-5H,1-3H3;2*4H,1-3H3;2-5H,1H3. The monoisotopic (exact) mass is 618 g/mol. The van der Waals surface area contributed by atoms with E-state index in [0.29, 0.717) is 0 Å². The SMILES string of the molecule is Cc1nc2c(C)ccc(C)n2n1.Cc1nc2c(C)cnc(C)n2n1.Cc1nc2c(C)ncc(C)n2n1.Cc1nc2ccccn2n1. The van der Waals surface area contributed by atoms with E-state index in [0.717, 1.165) is 74.4 Å². The number of fused-ring (bicyclic) bond motifs is 4. The molecule has 0 unspecified atom stereocenters. The van der Waals surface area contributed by atoms with Gasteiger partial charge in [0.2, 0.25) is 0 Å². The van der Waals surface area contributed by atoms with Crippen molar-refractivity contribution < 1.29 is 0 Å². The van der Waals surface area contributed by atoms with Crippen molar-refractivity contribution in [2.75, 3.05) is 0 Å². The normalized spacial score (nSPS) is 10.8. The molecule has 8 aromatic heterocycles. The number of pyridine rings is 2. The molecule has 0 aromatic carbocycles. The first-order valence-corrected chi connectivity index (χ1v) is 14.8. The molecule has 8 heterocycles. The Bertz CT molecular complexity index is 1940. The largest absolute Gasteiger partial charge is 0.256 e. The predicted octanol–water partition coefficient (Wildman–Crippen LogP) is 4.79. The van der Waals surface area contributed by atoms with Gasteiger partial charge in [-0.25, -0.2) is 38.5 Å². The average Bonchev–Trinajstić information content (AvgIpc) is 3.80. The average molecular weight is 619 g/mol. The Hall–Kier alpha value is -5.66. The van der Waals surface area contributed by atoms with Crippen molar-refractivity contribution in [3.8, 4) is 0 Å². The minimum absolute atomic E-state index is 0.786. The quantitative estimate of drug-likeness (QED) is 0.232. The highest BCUT2D eigenvalue weighted by atomic mass is 15.3. The number of aromatic nitrogens is 14. The molecule has 0 aliphatic carbocycles. The summed E-state index contributed by atoms with van der Waals surface area (Å²) in [5.74, 6) is 4.08. The van der Waals surface area contributed by atoms with Crippen molar-refractivity contribution in [3.63, 3.8) is 0 Å². The van der Waals surface area contributed by atoms with Crippen LogP contribution >= 0.6 is 0 Å². The van der Waals surface area contributed by atoms with Gasteiger partial charge >= 0.3 is 0 Å². The Kier molecular flexibility index (Phi) is 9.07.